The van der Waals surface area contributed by atoms with E-state index in [1.54, 1.807) is 25.3 Å². The summed E-state index contributed by atoms with van der Waals surface area (Å²) < 4.78 is 24.0. The van der Waals surface area contributed by atoms with Gasteiger partial charge in [0.1, 0.15) is 22.6 Å². The fourth-order valence-electron chi connectivity index (χ4n) is 2.80. The first-order chi connectivity index (χ1) is 11.9. The summed E-state index contributed by atoms with van der Waals surface area (Å²) in [7, 11) is -3.41. The summed E-state index contributed by atoms with van der Waals surface area (Å²) in [5, 5.41) is 9.22. The summed E-state index contributed by atoms with van der Waals surface area (Å²) in [4.78, 5) is 16.8. The Kier molecular flexibility index (Phi) is 4.55. The first-order valence-electron chi connectivity index (χ1n) is 7.79. The molecule has 0 aliphatic carbocycles. The molecule has 2 aromatic heterocycles. The Hall–Kier alpha value is -2.73. The van der Waals surface area contributed by atoms with Crippen LogP contribution in [0.25, 0.3) is 0 Å². The van der Waals surface area contributed by atoms with Crippen molar-refractivity contribution >= 4 is 21.5 Å². The molecule has 0 unspecified atom stereocenters. The summed E-state index contributed by atoms with van der Waals surface area (Å²) in [5.74, 6) is 1.63. The van der Waals surface area contributed by atoms with E-state index in [0.29, 0.717) is 49.2 Å². The van der Waals surface area contributed by atoms with Crippen molar-refractivity contribution in [3.05, 3.63) is 35.9 Å². The highest BCUT2D eigenvalue weighted by molar-refractivity contribution is 7.90. The van der Waals surface area contributed by atoms with Crippen LogP contribution in [0.15, 0.2) is 29.4 Å². The Morgan fingerprint density at radius 3 is 2.36 bits per heavy atom. The molecule has 3 rings (SSSR count). The maximum Gasteiger partial charge on any atom is 0.180 e. The smallest absolute Gasteiger partial charge is 0.180 e. The fourth-order valence-corrected chi connectivity index (χ4v) is 3.55. The molecule has 0 amide bonds. The molecule has 2 aromatic rings. The molecule has 0 bridgehead atoms. The Morgan fingerprint density at radius 1 is 1.12 bits per heavy atom. The lowest BCUT2D eigenvalue weighted by Gasteiger charge is -2.36. The molecule has 0 radical (unpaired) electrons. The van der Waals surface area contributed by atoms with Crippen molar-refractivity contribution in [2.24, 2.45) is 0 Å². The van der Waals surface area contributed by atoms with Crippen molar-refractivity contribution in [1.82, 2.24) is 15.0 Å². The standard InChI is InChI=1S/C16H18N6O2S/c1-12-19-11-14(25(2,23)24)16(20-12)22-8-6-21(7-9-22)15-13(10-17)4-3-5-18-15/h3-5,11H,6-9H2,1-2H3. The number of hydrogen-bond donors (Lipinski definition) is 0. The van der Waals surface area contributed by atoms with Crippen LogP contribution in [0.5, 0.6) is 0 Å². The molecule has 9 heteroatoms. The normalized spacial score (nSPS) is 15.1. The number of sulfone groups is 1. The highest BCUT2D eigenvalue weighted by Crippen LogP contribution is 2.25. The highest BCUT2D eigenvalue weighted by Gasteiger charge is 2.25. The Bertz CT molecular complexity index is 930. The topological polar surface area (TPSA) is 103 Å². The maximum atomic E-state index is 12.0. The average Bonchev–Trinajstić information content (AvgIpc) is 2.60. The van der Waals surface area contributed by atoms with Crippen molar-refractivity contribution < 1.29 is 8.42 Å². The third-order valence-corrected chi connectivity index (χ3v) is 5.13. The number of aryl methyl sites for hydroxylation is 1. The molecule has 130 valence electrons. The molecule has 0 saturated carbocycles. The monoisotopic (exact) mass is 358 g/mol. The number of aromatic nitrogens is 3. The van der Waals surface area contributed by atoms with E-state index in [-0.39, 0.29) is 4.90 Å². The number of nitrogens with zero attached hydrogens (tertiary/aromatic N) is 6. The van der Waals surface area contributed by atoms with Crippen LogP contribution in [-0.4, -0.2) is 55.8 Å². The lowest BCUT2D eigenvalue weighted by Crippen LogP contribution is -2.47. The van der Waals surface area contributed by atoms with Crippen LogP contribution in [0, 0.1) is 18.3 Å². The Labute approximate surface area is 146 Å². The van der Waals surface area contributed by atoms with Gasteiger partial charge in [-0.1, -0.05) is 0 Å². The van der Waals surface area contributed by atoms with Gasteiger partial charge in [-0.3, -0.25) is 0 Å². The number of piperazine rings is 1. The molecule has 1 fully saturated rings. The van der Waals surface area contributed by atoms with Crippen LogP contribution in [-0.2, 0) is 9.84 Å². The summed E-state index contributed by atoms with van der Waals surface area (Å²) in [5.41, 5.74) is 0.533. The predicted octanol–water partition coefficient (Wildman–Crippen LogP) is 0.782. The lowest BCUT2D eigenvalue weighted by atomic mass is 10.2. The number of hydrogen-bond acceptors (Lipinski definition) is 8. The largest absolute Gasteiger partial charge is 0.352 e. The van der Waals surface area contributed by atoms with Gasteiger partial charge >= 0.3 is 0 Å². The molecule has 0 atom stereocenters. The van der Waals surface area contributed by atoms with Gasteiger partial charge in [0.25, 0.3) is 0 Å². The number of rotatable bonds is 3. The molecular weight excluding hydrogens is 340 g/mol. The number of nitriles is 1. The van der Waals surface area contributed by atoms with E-state index < -0.39 is 9.84 Å². The van der Waals surface area contributed by atoms with Crippen LogP contribution in [0.4, 0.5) is 11.6 Å². The van der Waals surface area contributed by atoms with Crippen LogP contribution < -0.4 is 9.80 Å². The molecular formula is C16H18N6O2S. The van der Waals surface area contributed by atoms with Crippen LogP contribution in [0.1, 0.15) is 11.4 Å². The maximum absolute atomic E-state index is 12.0. The summed E-state index contributed by atoms with van der Waals surface area (Å²) in [6.45, 7) is 4.15. The van der Waals surface area contributed by atoms with Crippen LogP contribution >= 0.6 is 0 Å². The number of anilines is 2. The SMILES string of the molecule is Cc1ncc(S(C)(=O)=O)c(N2CCN(c3ncccc3C#N)CC2)n1. The van der Waals surface area contributed by atoms with E-state index in [4.69, 9.17) is 0 Å². The van der Waals surface area contributed by atoms with Gasteiger partial charge in [0.15, 0.2) is 15.7 Å². The molecule has 1 aliphatic heterocycles. The Balaban J connectivity index is 1.84. The van der Waals surface area contributed by atoms with Gasteiger partial charge < -0.3 is 9.80 Å². The minimum absolute atomic E-state index is 0.141. The second-order valence-corrected chi connectivity index (χ2v) is 7.82. The zero-order valence-electron chi connectivity index (χ0n) is 14.0. The second-order valence-electron chi connectivity index (χ2n) is 5.84. The first-order valence-corrected chi connectivity index (χ1v) is 9.68. The minimum atomic E-state index is -3.41. The molecule has 3 heterocycles. The quantitative estimate of drug-likeness (QED) is 0.793. The second kappa shape index (κ2) is 6.64. The van der Waals surface area contributed by atoms with E-state index in [1.807, 2.05) is 9.80 Å². The van der Waals surface area contributed by atoms with E-state index in [2.05, 4.69) is 21.0 Å². The van der Waals surface area contributed by atoms with Crippen molar-refractivity contribution in [2.75, 3.05) is 42.2 Å². The average molecular weight is 358 g/mol. The zero-order valence-corrected chi connectivity index (χ0v) is 14.9. The zero-order chi connectivity index (χ0) is 18.0. The van der Waals surface area contributed by atoms with Crippen molar-refractivity contribution in [1.29, 1.82) is 5.26 Å². The third-order valence-electron chi connectivity index (χ3n) is 4.04. The first kappa shape index (κ1) is 17.1. The molecule has 25 heavy (non-hydrogen) atoms. The van der Waals surface area contributed by atoms with Gasteiger partial charge in [-0.05, 0) is 19.1 Å². The van der Waals surface area contributed by atoms with E-state index >= 15 is 0 Å². The van der Waals surface area contributed by atoms with Gasteiger partial charge in [-0.25, -0.2) is 23.4 Å². The summed E-state index contributed by atoms with van der Waals surface area (Å²) in [6, 6.07) is 5.63. The van der Waals surface area contributed by atoms with E-state index in [9.17, 15) is 13.7 Å². The fraction of sp³-hybridized carbons (Fsp3) is 0.375. The van der Waals surface area contributed by atoms with E-state index in [0.717, 1.165) is 6.26 Å². The third kappa shape index (κ3) is 3.53. The van der Waals surface area contributed by atoms with Gasteiger partial charge in [-0.15, -0.1) is 0 Å². The van der Waals surface area contributed by atoms with Gasteiger partial charge in [0.2, 0.25) is 0 Å². The molecule has 1 saturated heterocycles. The lowest BCUT2D eigenvalue weighted by molar-refractivity contribution is 0.596. The number of pyridine rings is 1. The van der Waals surface area contributed by atoms with Crippen LogP contribution in [0.2, 0.25) is 0 Å². The highest BCUT2D eigenvalue weighted by atomic mass is 32.2. The molecule has 1 aliphatic rings. The Morgan fingerprint density at radius 2 is 1.76 bits per heavy atom. The molecule has 8 nitrogen and oxygen atoms in total. The van der Waals surface area contributed by atoms with Crippen molar-refractivity contribution in [3.63, 3.8) is 0 Å². The summed E-state index contributed by atoms with van der Waals surface area (Å²) in [6.07, 6.45) is 4.19. The van der Waals surface area contributed by atoms with Gasteiger partial charge in [0.05, 0.1) is 11.8 Å². The van der Waals surface area contributed by atoms with Crippen LogP contribution in [0.3, 0.4) is 0 Å². The molecule has 0 aromatic carbocycles. The van der Waals surface area contributed by atoms with E-state index in [1.165, 1.54) is 6.20 Å². The van der Waals surface area contributed by atoms with Gasteiger partial charge in [-0.2, -0.15) is 5.26 Å². The predicted molar refractivity (Wildman–Crippen MR) is 93.3 cm³/mol. The van der Waals surface area contributed by atoms with Crippen molar-refractivity contribution in [3.8, 4) is 6.07 Å². The minimum Gasteiger partial charge on any atom is -0.352 e. The molecule has 0 spiro atoms. The molecule has 0 N–H and O–H groups in total. The summed E-state index contributed by atoms with van der Waals surface area (Å²) >= 11 is 0. The van der Waals surface area contributed by atoms with Crippen molar-refractivity contribution in [2.45, 2.75) is 11.8 Å². The van der Waals surface area contributed by atoms with Gasteiger partial charge in [0, 0.05) is 38.6 Å².